The normalized spacial score (nSPS) is 13.3. The second-order valence-electron chi connectivity index (χ2n) is 6.52. The van der Waals surface area contributed by atoms with E-state index in [1.165, 1.54) is 18.6 Å². The third kappa shape index (κ3) is 5.68. The number of halogens is 6. The van der Waals surface area contributed by atoms with Gasteiger partial charge in [-0.25, -0.2) is 9.67 Å². The van der Waals surface area contributed by atoms with Crippen LogP contribution in [0, 0.1) is 0 Å². The molecular weight excluding hydrogens is 442 g/mol. The first-order valence-corrected chi connectivity index (χ1v) is 8.89. The predicted molar refractivity (Wildman–Crippen MR) is 99.4 cm³/mol. The summed E-state index contributed by atoms with van der Waals surface area (Å²) >= 11 is 0. The van der Waals surface area contributed by atoms with E-state index in [1.54, 1.807) is 6.92 Å². The summed E-state index contributed by atoms with van der Waals surface area (Å²) in [6.45, 7) is 1.68. The van der Waals surface area contributed by atoms with Crippen LogP contribution in [0.25, 0.3) is 17.6 Å². The number of rotatable bonds is 5. The van der Waals surface area contributed by atoms with E-state index in [2.05, 4.69) is 25.4 Å². The molecule has 1 N–H and O–H groups in total. The summed E-state index contributed by atoms with van der Waals surface area (Å²) in [6, 6.07) is 0.600. The summed E-state index contributed by atoms with van der Waals surface area (Å²) in [5.74, 6) is -0.918. The number of aromatic nitrogens is 5. The molecule has 1 atom stereocenters. The van der Waals surface area contributed by atoms with Gasteiger partial charge in [0.2, 0.25) is 5.91 Å². The maximum atomic E-state index is 13.0. The van der Waals surface area contributed by atoms with Gasteiger partial charge in [-0.1, -0.05) is 0 Å². The van der Waals surface area contributed by atoms with Gasteiger partial charge in [-0.3, -0.25) is 14.8 Å². The molecule has 0 bridgehead atoms. The number of hydrogen-bond donors (Lipinski definition) is 1. The number of nitrogens with zero attached hydrogens (tertiary/aromatic N) is 5. The molecular formula is C19H14F6N6O. The van der Waals surface area contributed by atoms with E-state index in [-0.39, 0.29) is 11.9 Å². The maximum Gasteiger partial charge on any atom is 0.416 e. The highest BCUT2D eigenvalue weighted by Gasteiger charge is 2.37. The van der Waals surface area contributed by atoms with Crippen molar-refractivity contribution in [2.45, 2.75) is 25.3 Å². The SMILES string of the molecule is CC(NC(=O)/C=C\n1cnc(-c2cc(C(F)(F)F)cc(C(F)(F)F)c2)n1)c1cnccn1. The lowest BCUT2D eigenvalue weighted by molar-refractivity contribution is -0.143. The van der Waals surface area contributed by atoms with Gasteiger partial charge < -0.3 is 5.32 Å². The van der Waals surface area contributed by atoms with Crippen molar-refractivity contribution in [1.82, 2.24) is 30.0 Å². The number of hydrogen-bond acceptors (Lipinski definition) is 5. The molecule has 1 unspecified atom stereocenters. The van der Waals surface area contributed by atoms with Crippen LogP contribution in [0.3, 0.4) is 0 Å². The third-order valence-electron chi connectivity index (χ3n) is 4.12. The molecule has 0 saturated carbocycles. The summed E-state index contributed by atoms with van der Waals surface area (Å²) in [4.78, 5) is 23.7. The Morgan fingerprint density at radius 3 is 2.25 bits per heavy atom. The van der Waals surface area contributed by atoms with E-state index in [0.29, 0.717) is 17.8 Å². The van der Waals surface area contributed by atoms with Crippen molar-refractivity contribution in [1.29, 1.82) is 0 Å². The minimum atomic E-state index is -4.99. The largest absolute Gasteiger partial charge is 0.416 e. The van der Waals surface area contributed by atoms with Crippen LogP contribution in [0.2, 0.25) is 0 Å². The standard InChI is InChI=1S/C19H14F6N6O/c1-11(15-9-26-3-4-27-15)29-16(32)2-5-31-10-28-17(30-31)12-6-13(18(20,21)22)8-14(7-12)19(23,24)25/h2-11H,1H3,(H,29,32)/b5-2-. The molecule has 0 aliphatic heterocycles. The summed E-state index contributed by atoms with van der Waals surface area (Å²) in [5, 5.41) is 6.43. The molecule has 7 nitrogen and oxygen atoms in total. The number of amides is 1. The zero-order valence-electron chi connectivity index (χ0n) is 16.2. The highest BCUT2D eigenvalue weighted by molar-refractivity contribution is 5.90. The van der Waals surface area contributed by atoms with Gasteiger partial charge in [0.15, 0.2) is 5.82 Å². The second-order valence-corrected chi connectivity index (χ2v) is 6.52. The molecule has 32 heavy (non-hydrogen) atoms. The topological polar surface area (TPSA) is 85.6 Å². The molecule has 2 aromatic heterocycles. The van der Waals surface area contributed by atoms with Crippen molar-refractivity contribution in [3.05, 3.63) is 66.0 Å². The second kappa shape index (κ2) is 8.77. The predicted octanol–water partition coefficient (Wildman–Crippen LogP) is 4.12. The molecule has 1 aromatic carbocycles. The Kier molecular flexibility index (Phi) is 6.27. The average molecular weight is 456 g/mol. The Balaban J connectivity index is 1.79. The zero-order valence-corrected chi connectivity index (χ0v) is 16.2. The Hall–Kier alpha value is -3.77. The fourth-order valence-corrected chi connectivity index (χ4v) is 2.58. The molecule has 3 aromatic rings. The quantitative estimate of drug-likeness (QED) is 0.461. The Morgan fingerprint density at radius 2 is 1.69 bits per heavy atom. The summed E-state index contributed by atoms with van der Waals surface area (Å²) in [7, 11) is 0. The Labute approximate surface area is 176 Å². The molecule has 0 aliphatic carbocycles. The van der Waals surface area contributed by atoms with E-state index in [0.717, 1.165) is 23.3 Å². The van der Waals surface area contributed by atoms with Crippen LogP contribution in [-0.2, 0) is 17.1 Å². The van der Waals surface area contributed by atoms with Crippen molar-refractivity contribution in [3.8, 4) is 11.4 Å². The van der Waals surface area contributed by atoms with E-state index in [4.69, 9.17) is 0 Å². The molecule has 0 radical (unpaired) electrons. The fraction of sp³-hybridized carbons (Fsp3) is 0.211. The molecule has 0 fully saturated rings. The lowest BCUT2D eigenvalue weighted by Crippen LogP contribution is -2.25. The van der Waals surface area contributed by atoms with Crippen LogP contribution in [0.15, 0.2) is 49.2 Å². The Morgan fingerprint density at radius 1 is 1.03 bits per heavy atom. The lowest BCUT2D eigenvalue weighted by Gasteiger charge is -2.13. The zero-order chi connectivity index (χ0) is 23.5. The smallest absolute Gasteiger partial charge is 0.344 e. The minimum absolute atomic E-state index is 0.0169. The number of alkyl halides is 6. The van der Waals surface area contributed by atoms with E-state index in [1.807, 2.05) is 0 Å². The first kappa shape index (κ1) is 22.9. The summed E-state index contributed by atoms with van der Waals surface area (Å²) in [5.41, 5.74) is -2.92. The highest BCUT2D eigenvalue weighted by atomic mass is 19.4. The molecule has 0 spiro atoms. The van der Waals surface area contributed by atoms with Crippen LogP contribution in [-0.4, -0.2) is 30.6 Å². The molecule has 0 aliphatic rings. The van der Waals surface area contributed by atoms with Gasteiger partial charge in [0.05, 0.1) is 29.1 Å². The van der Waals surface area contributed by atoms with Crippen LogP contribution in [0.4, 0.5) is 26.3 Å². The van der Waals surface area contributed by atoms with Gasteiger partial charge in [-0.2, -0.15) is 26.3 Å². The number of benzene rings is 1. The lowest BCUT2D eigenvalue weighted by atomic mass is 10.0. The van der Waals surface area contributed by atoms with Crippen LogP contribution < -0.4 is 5.32 Å². The fourth-order valence-electron chi connectivity index (χ4n) is 2.58. The minimum Gasteiger partial charge on any atom is -0.344 e. The molecule has 13 heteroatoms. The number of nitrogens with one attached hydrogen (secondary N) is 1. The van der Waals surface area contributed by atoms with Gasteiger partial charge in [-0.15, -0.1) is 5.10 Å². The van der Waals surface area contributed by atoms with Crippen molar-refractivity contribution >= 4 is 12.1 Å². The van der Waals surface area contributed by atoms with Crippen LogP contribution >= 0.6 is 0 Å². The van der Waals surface area contributed by atoms with Crippen molar-refractivity contribution < 1.29 is 31.1 Å². The first-order valence-electron chi connectivity index (χ1n) is 8.89. The first-order chi connectivity index (χ1) is 14.9. The summed E-state index contributed by atoms with van der Waals surface area (Å²) in [6.07, 6.45) is -2.31. The monoisotopic (exact) mass is 456 g/mol. The number of carbonyl (C=O) groups is 1. The van der Waals surface area contributed by atoms with Crippen molar-refractivity contribution in [2.24, 2.45) is 0 Å². The van der Waals surface area contributed by atoms with Gasteiger partial charge in [0.25, 0.3) is 0 Å². The van der Waals surface area contributed by atoms with Gasteiger partial charge in [-0.05, 0) is 25.1 Å². The van der Waals surface area contributed by atoms with Gasteiger partial charge in [0.1, 0.15) is 6.33 Å². The van der Waals surface area contributed by atoms with E-state index < -0.39 is 41.0 Å². The Bertz CT molecular complexity index is 1090. The molecule has 0 saturated heterocycles. The van der Waals surface area contributed by atoms with E-state index in [9.17, 15) is 31.1 Å². The highest BCUT2D eigenvalue weighted by Crippen LogP contribution is 2.38. The summed E-state index contributed by atoms with van der Waals surface area (Å²) < 4.78 is 79.1. The molecule has 2 heterocycles. The van der Waals surface area contributed by atoms with E-state index >= 15 is 0 Å². The number of carbonyl (C=O) groups excluding carboxylic acids is 1. The van der Waals surface area contributed by atoms with Crippen LogP contribution in [0.1, 0.15) is 29.8 Å². The maximum absolute atomic E-state index is 13.0. The van der Waals surface area contributed by atoms with Crippen molar-refractivity contribution in [2.75, 3.05) is 0 Å². The average Bonchev–Trinajstić information content (AvgIpc) is 3.20. The van der Waals surface area contributed by atoms with Gasteiger partial charge >= 0.3 is 12.4 Å². The molecule has 3 rings (SSSR count). The van der Waals surface area contributed by atoms with Crippen molar-refractivity contribution in [3.63, 3.8) is 0 Å². The molecule has 1 amide bonds. The van der Waals surface area contributed by atoms with Crippen LogP contribution in [0.5, 0.6) is 0 Å². The third-order valence-corrected chi connectivity index (χ3v) is 4.12. The molecule has 168 valence electrons. The van der Waals surface area contributed by atoms with Gasteiger partial charge in [0, 0.05) is 30.2 Å².